The summed E-state index contributed by atoms with van der Waals surface area (Å²) >= 11 is 0. The lowest BCUT2D eigenvalue weighted by atomic mass is 9.85. The van der Waals surface area contributed by atoms with Crippen molar-refractivity contribution >= 4 is 11.8 Å². The highest BCUT2D eigenvalue weighted by Crippen LogP contribution is 2.23. The van der Waals surface area contributed by atoms with Crippen molar-refractivity contribution in [2.75, 3.05) is 46.4 Å². The number of carbonyl (C=O) groups excluding carboxylic acids is 2. The Morgan fingerprint density at radius 3 is 2.14 bits per heavy atom. The SMILES string of the molecule is COCCC(NCC(=O)N1CCC(C(=O)N2CCCCCC2)CC1)C(C)(C)C. The highest BCUT2D eigenvalue weighted by atomic mass is 16.5. The summed E-state index contributed by atoms with van der Waals surface area (Å²) in [5.41, 5.74) is 0.0748. The fraction of sp³-hybridized carbons (Fsp3) is 0.909. The van der Waals surface area contributed by atoms with E-state index in [-0.39, 0.29) is 23.3 Å². The predicted molar refractivity (Wildman–Crippen MR) is 112 cm³/mol. The Morgan fingerprint density at radius 2 is 1.61 bits per heavy atom. The highest BCUT2D eigenvalue weighted by molar-refractivity contribution is 5.81. The summed E-state index contributed by atoms with van der Waals surface area (Å²) in [4.78, 5) is 29.5. The van der Waals surface area contributed by atoms with E-state index in [0.717, 1.165) is 45.2 Å². The molecule has 0 aromatic heterocycles. The van der Waals surface area contributed by atoms with Crippen LogP contribution >= 0.6 is 0 Å². The molecule has 0 aromatic rings. The smallest absolute Gasteiger partial charge is 0.236 e. The van der Waals surface area contributed by atoms with Gasteiger partial charge in [0, 0.05) is 51.9 Å². The standard InChI is InChI=1S/C22H41N3O3/c1-22(2,3)19(11-16-28-4)23-17-20(26)24-14-9-18(10-15-24)21(27)25-12-7-5-6-8-13-25/h18-19,23H,5-17H2,1-4H3. The van der Waals surface area contributed by atoms with E-state index in [1.807, 2.05) is 4.90 Å². The molecular formula is C22H41N3O3. The Balaban J connectivity index is 1.77. The average Bonchev–Trinajstić information content (AvgIpc) is 2.96. The largest absolute Gasteiger partial charge is 0.385 e. The Hall–Kier alpha value is -1.14. The molecule has 2 aliphatic heterocycles. The number of piperidine rings is 1. The number of rotatable bonds is 7. The first-order chi connectivity index (χ1) is 13.3. The normalized spacial score (nSPS) is 20.7. The summed E-state index contributed by atoms with van der Waals surface area (Å²) in [5.74, 6) is 0.561. The number of amides is 2. The molecule has 2 amide bonds. The second-order valence-electron chi connectivity index (χ2n) is 9.48. The molecule has 0 radical (unpaired) electrons. The molecule has 1 N–H and O–H groups in total. The van der Waals surface area contributed by atoms with Crippen LogP contribution in [0.15, 0.2) is 0 Å². The molecule has 0 aromatic carbocycles. The maximum Gasteiger partial charge on any atom is 0.236 e. The van der Waals surface area contributed by atoms with Crippen molar-refractivity contribution in [3.05, 3.63) is 0 Å². The lowest BCUT2D eigenvalue weighted by molar-refractivity contribution is -0.140. The van der Waals surface area contributed by atoms with E-state index in [9.17, 15) is 9.59 Å². The van der Waals surface area contributed by atoms with Crippen LogP contribution in [0.1, 0.15) is 65.7 Å². The van der Waals surface area contributed by atoms with Crippen LogP contribution in [0.25, 0.3) is 0 Å². The number of nitrogens with one attached hydrogen (secondary N) is 1. The number of methoxy groups -OCH3 is 1. The van der Waals surface area contributed by atoms with Crippen LogP contribution in [0.3, 0.4) is 0 Å². The zero-order valence-corrected chi connectivity index (χ0v) is 18.5. The second kappa shape index (κ2) is 11.1. The van der Waals surface area contributed by atoms with E-state index in [1.54, 1.807) is 7.11 Å². The predicted octanol–water partition coefficient (Wildman–Crippen LogP) is 2.67. The average molecular weight is 396 g/mol. The van der Waals surface area contributed by atoms with Crippen LogP contribution in [-0.4, -0.2) is 74.1 Å². The first-order valence-corrected chi connectivity index (χ1v) is 11.1. The van der Waals surface area contributed by atoms with E-state index < -0.39 is 0 Å². The van der Waals surface area contributed by atoms with Crippen molar-refractivity contribution in [1.29, 1.82) is 0 Å². The molecule has 6 nitrogen and oxygen atoms in total. The van der Waals surface area contributed by atoms with Crippen molar-refractivity contribution in [3.63, 3.8) is 0 Å². The quantitative estimate of drug-likeness (QED) is 0.720. The topological polar surface area (TPSA) is 61.9 Å². The van der Waals surface area contributed by atoms with E-state index >= 15 is 0 Å². The number of hydrogen-bond acceptors (Lipinski definition) is 4. The van der Waals surface area contributed by atoms with E-state index in [4.69, 9.17) is 4.74 Å². The summed E-state index contributed by atoms with van der Waals surface area (Å²) in [6.07, 6.45) is 7.23. The van der Waals surface area contributed by atoms with Gasteiger partial charge in [-0.05, 0) is 37.5 Å². The molecule has 6 heteroatoms. The third-order valence-electron chi connectivity index (χ3n) is 6.27. The monoisotopic (exact) mass is 395 g/mol. The zero-order chi connectivity index (χ0) is 20.6. The summed E-state index contributed by atoms with van der Waals surface area (Å²) in [6.45, 7) is 10.8. The van der Waals surface area contributed by atoms with Gasteiger partial charge in [0.25, 0.3) is 0 Å². The minimum atomic E-state index is 0.0748. The first kappa shape index (κ1) is 23.1. The van der Waals surface area contributed by atoms with Gasteiger partial charge in [0.2, 0.25) is 11.8 Å². The van der Waals surface area contributed by atoms with Crippen molar-refractivity contribution in [1.82, 2.24) is 15.1 Å². The molecule has 162 valence electrons. The lowest BCUT2D eigenvalue weighted by Gasteiger charge is -2.35. The minimum Gasteiger partial charge on any atom is -0.385 e. The van der Waals surface area contributed by atoms with Crippen LogP contribution in [0.4, 0.5) is 0 Å². The molecule has 2 saturated heterocycles. The van der Waals surface area contributed by atoms with Gasteiger partial charge in [0.15, 0.2) is 0 Å². The Labute approximate surface area is 171 Å². The molecule has 2 rings (SSSR count). The highest BCUT2D eigenvalue weighted by Gasteiger charge is 2.31. The summed E-state index contributed by atoms with van der Waals surface area (Å²) in [6, 6.07) is 0.235. The summed E-state index contributed by atoms with van der Waals surface area (Å²) in [5, 5.41) is 3.44. The van der Waals surface area contributed by atoms with Crippen molar-refractivity contribution in [2.45, 2.75) is 71.8 Å². The first-order valence-electron chi connectivity index (χ1n) is 11.1. The molecule has 28 heavy (non-hydrogen) atoms. The van der Waals surface area contributed by atoms with Gasteiger partial charge in [0.1, 0.15) is 0 Å². The molecule has 0 aliphatic carbocycles. The van der Waals surface area contributed by atoms with Crippen molar-refractivity contribution < 1.29 is 14.3 Å². The van der Waals surface area contributed by atoms with E-state index in [1.165, 1.54) is 12.8 Å². The van der Waals surface area contributed by atoms with Gasteiger partial charge in [-0.15, -0.1) is 0 Å². The van der Waals surface area contributed by atoms with Crippen LogP contribution in [-0.2, 0) is 14.3 Å². The van der Waals surface area contributed by atoms with Gasteiger partial charge >= 0.3 is 0 Å². The van der Waals surface area contributed by atoms with Gasteiger partial charge in [-0.25, -0.2) is 0 Å². The maximum absolute atomic E-state index is 12.8. The van der Waals surface area contributed by atoms with Crippen molar-refractivity contribution in [2.24, 2.45) is 11.3 Å². The molecule has 0 spiro atoms. The lowest BCUT2D eigenvalue weighted by Crippen LogP contribution is -2.49. The maximum atomic E-state index is 12.8. The van der Waals surface area contributed by atoms with Gasteiger partial charge in [-0.1, -0.05) is 33.6 Å². The third-order valence-corrected chi connectivity index (χ3v) is 6.27. The van der Waals surface area contributed by atoms with Gasteiger partial charge < -0.3 is 19.9 Å². The minimum absolute atomic E-state index is 0.0748. The Kier molecular flexibility index (Phi) is 9.22. The number of nitrogens with zero attached hydrogens (tertiary/aromatic N) is 2. The van der Waals surface area contributed by atoms with Gasteiger partial charge in [-0.2, -0.15) is 0 Å². The molecule has 2 aliphatic rings. The number of carbonyl (C=O) groups is 2. The fourth-order valence-electron chi connectivity index (χ4n) is 4.32. The zero-order valence-electron chi connectivity index (χ0n) is 18.5. The molecule has 1 unspecified atom stereocenters. The molecular weight excluding hydrogens is 354 g/mol. The number of hydrogen-bond donors (Lipinski definition) is 1. The summed E-state index contributed by atoms with van der Waals surface area (Å²) in [7, 11) is 1.71. The molecule has 2 heterocycles. The summed E-state index contributed by atoms with van der Waals surface area (Å²) < 4.78 is 5.21. The fourth-order valence-corrected chi connectivity index (χ4v) is 4.32. The molecule has 0 bridgehead atoms. The van der Waals surface area contributed by atoms with E-state index in [2.05, 4.69) is 31.0 Å². The van der Waals surface area contributed by atoms with E-state index in [0.29, 0.717) is 32.1 Å². The van der Waals surface area contributed by atoms with Crippen molar-refractivity contribution in [3.8, 4) is 0 Å². The Bertz CT molecular complexity index is 488. The van der Waals surface area contributed by atoms with Gasteiger partial charge in [-0.3, -0.25) is 9.59 Å². The third kappa shape index (κ3) is 7.03. The number of ether oxygens (including phenoxy) is 1. The van der Waals surface area contributed by atoms with Crippen LogP contribution < -0.4 is 5.32 Å². The Morgan fingerprint density at radius 1 is 1.00 bits per heavy atom. The molecule has 1 atom stereocenters. The van der Waals surface area contributed by atoms with Gasteiger partial charge in [0.05, 0.1) is 6.54 Å². The molecule has 0 saturated carbocycles. The second-order valence-corrected chi connectivity index (χ2v) is 9.48. The van der Waals surface area contributed by atoms with Crippen LogP contribution in [0, 0.1) is 11.3 Å². The van der Waals surface area contributed by atoms with Crippen LogP contribution in [0.2, 0.25) is 0 Å². The number of likely N-dealkylation sites (tertiary alicyclic amines) is 2. The molecule has 2 fully saturated rings. The van der Waals surface area contributed by atoms with Crippen LogP contribution in [0.5, 0.6) is 0 Å².